The van der Waals surface area contributed by atoms with Crippen LogP contribution < -0.4 is 4.74 Å². The van der Waals surface area contributed by atoms with E-state index in [2.05, 4.69) is 11.8 Å². The number of rotatable bonds is 2. The summed E-state index contributed by atoms with van der Waals surface area (Å²) in [6.45, 7) is 4.03. The van der Waals surface area contributed by atoms with Crippen LogP contribution in [0.3, 0.4) is 0 Å². The largest absolute Gasteiger partial charge is 0.495 e. The van der Waals surface area contributed by atoms with Gasteiger partial charge in [0, 0.05) is 5.92 Å². The van der Waals surface area contributed by atoms with Gasteiger partial charge in [-0.15, -0.1) is 0 Å². The lowest BCUT2D eigenvalue weighted by Crippen LogP contribution is -1.99. The minimum Gasteiger partial charge on any atom is -0.495 e. The van der Waals surface area contributed by atoms with Crippen molar-refractivity contribution in [1.82, 2.24) is 0 Å². The molecular weight excluding hydrogens is 204 g/mol. The topological polar surface area (TPSA) is 35.5 Å². The predicted molar refractivity (Wildman–Crippen MR) is 61.2 cm³/mol. The Labute approximate surface area is 95.4 Å². The van der Waals surface area contributed by atoms with Gasteiger partial charge in [0.25, 0.3) is 0 Å². The summed E-state index contributed by atoms with van der Waals surface area (Å²) in [6.07, 6.45) is 0. The summed E-state index contributed by atoms with van der Waals surface area (Å²) in [5.41, 5.74) is 1.75. The van der Waals surface area contributed by atoms with Crippen LogP contribution in [0.1, 0.15) is 18.1 Å². The third-order valence-electron chi connectivity index (χ3n) is 1.93. The number of carbonyl (C=O) groups is 1. The van der Waals surface area contributed by atoms with E-state index in [0.29, 0.717) is 17.9 Å². The van der Waals surface area contributed by atoms with E-state index in [0.717, 1.165) is 5.56 Å². The van der Waals surface area contributed by atoms with Gasteiger partial charge in [-0.25, -0.2) is 4.79 Å². The molecule has 84 valence electrons. The minimum atomic E-state index is -0.522. The second kappa shape index (κ2) is 5.82. The predicted octanol–water partition coefficient (Wildman–Crippen LogP) is 1.92. The number of carbonyl (C=O) groups excluding carboxylic acids is 1. The molecule has 1 aromatic carbocycles. The Morgan fingerprint density at radius 1 is 1.44 bits per heavy atom. The van der Waals surface area contributed by atoms with Crippen LogP contribution in [0.25, 0.3) is 0 Å². The van der Waals surface area contributed by atoms with Crippen LogP contribution in [0.2, 0.25) is 0 Å². The van der Waals surface area contributed by atoms with Gasteiger partial charge in [-0.1, -0.05) is 12.0 Å². The molecule has 0 bridgehead atoms. The monoisotopic (exact) mass is 218 g/mol. The SMILES string of the molecule is CCOC(=O)C#Cc1cc(C)ccc1OC. The van der Waals surface area contributed by atoms with Crippen molar-refractivity contribution in [3.05, 3.63) is 29.3 Å². The summed E-state index contributed by atoms with van der Waals surface area (Å²) < 4.78 is 9.85. The summed E-state index contributed by atoms with van der Waals surface area (Å²) in [6, 6.07) is 5.62. The first-order valence-corrected chi connectivity index (χ1v) is 5.00. The maximum Gasteiger partial charge on any atom is 0.384 e. The van der Waals surface area contributed by atoms with Crippen LogP contribution in [-0.4, -0.2) is 19.7 Å². The van der Waals surface area contributed by atoms with E-state index < -0.39 is 5.97 Å². The number of esters is 1. The highest BCUT2D eigenvalue weighted by molar-refractivity contribution is 5.89. The number of aryl methyl sites for hydroxylation is 1. The fraction of sp³-hybridized carbons (Fsp3) is 0.308. The van der Waals surface area contributed by atoms with Gasteiger partial charge in [0.15, 0.2) is 0 Å². The molecule has 0 radical (unpaired) electrons. The van der Waals surface area contributed by atoms with Gasteiger partial charge in [-0.3, -0.25) is 0 Å². The zero-order chi connectivity index (χ0) is 12.0. The fourth-order valence-electron chi connectivity index (χ4n) is 1.21. The Kier molecular flexibility index (Phi) is 4.41. The maximum atomic E-state index is 11.1. The van der Waals surface area contributed by atoms with Gasteiger partial charge < -0.3 is 9.47 Å². The molecule has 0 saturated carbocycles. The van der Waals surface area contributed by atoms with E-state index >= 15 is 0 Å². The van der Waals surface area contributed by atoms with E-state index in [4.69, 9.17) is 9.47 Å². The summed E-state index contributed by atoms with van der Waals surface area (Å²) >= 11 is 0. The Bertz CT molecular complexity index is 438. The Morgan fingerprint density at radius 3 is 2.81 bits per heavy atom. The molecule has 0 unspecified atom stereocenters. The second-order valence-corrected chi connectivity index (χ2v) is 3.17. The molecule has 0 heterocycles. The molecule has 0 fully saturated rings. The van der Waals surface area contributed by atoms with E-state index in [-0.39, 0.29) is 0 Å². The highest BCUT2D eigenvalue weighted by atomic mass is 16.5. The van der Waals surface area contributed by atoms with Crippen molar-refractivity contribution in [3.8, 4) is 17.6 Å². The first-order valence-electron chi connectivity index (χ1n) is 5.00. The van der Waals surface area contributed by atoms with Crippen LogP contribution in [-0.2, 0) is 9.53 Å². The molecule has 3 nitrogen and oxygen atoms in total. The van der Waals surface area contributed by atoms with Crippen LogP contribution in [0.15, 0.2) is 18.2 Å². The third kappa shape index (κ3) is 3.32. The van der Waals surface area contributed by atoms with Crippen molar-refractivity contribution in [1.29, 1.82) is 0 Å². The molecule has 0 amide bonds. The van der Waals surface area contributed by atoms with Crippen LogP contribution >= 0.6 is 0 Å². The second-order valence-electron chi connectivity index (χ2n) is 3.17. The lowest BCUT2D eigenvalue weighted by molar-refractivity contribution is -0.136. The molecule has 0 aliphatic heterocycles. The number of methoxy groups -OCH3 is 1. The normalized spacial score (nSPS) is 8.94. The lowest BCUT2D eigenvalue weighted by Gasteiger charge is -2.03. The lowest BCUT2D eigenvalue weighted by atomic mass is 10.1. The molecule has 0 aliphatic rings. The number of benzene rings is 1. The van der Waals surface area contributed by atoms with Crippen molar-refractivity contribution in [2.24, 2.45) is 0 Å². The molecule has 16 heavy (non-hydrogen) atoms. The molecule has 3 heteroatoms. The Hall–Kier alpha value is -1.95. The average molecular weight is 218 g/mol. The van der Waals surface area contributed by atoms with Gasteiger partial charge >= 0.3 is 5.97 Å². The molecule has 0 saturated heterocycles. The number of hydrogen-bond acceptors (Lipinski definition) is 3. The van der Waals surface area contributed by atoms with E-state index in [1.54, 1.807) is 14.0 Å². The molecule has 0 N–H and O–H groups in total. The molecular formula is C13H14O3. The van der Waals surface area contributed by atoms with Gasteiger partial charge in [0.1, 0.15) is 5.75 Å². The highest BCUT2D eigenvalue weighted by Gasteiger charge is 2.00. The molecule has 0 spiro atoms. The quantitative estimate of drug-likeness (QED) is 0.562. The third-order valence-corrected chi connectivity index (χ3v) is 1.93. The number of hydrogen-bond donors (Lipinski definition) is 0. The van der Waals surface area contributed by atoms with E-state index in [1.807, 2.05) is 25.1 Å². The first kappa shape index (κ1) is 12.1. The van der Waals surface area contributed by atoms with E-state index in [9.17, 15) is 4.79 Å². The van der Waals surface area contributed by atoms with Crippen LogP contribution in [0.4, 0.5) is 0 Å². The first-order chi connectivity index (χ1) is 7.67. The van der Waals surface area contributed by atoms with Gasteiger partial charge in [0.05, 0.1) is 19.3 Å². The molecule has 0 aromatic heterocycles. The zero-order valence-electron chi connectivity index (χ0n) is 9.66. The van der Waals surface area contributed by atoms with Crippen molar-refractivity contribution >= 4 is 5.97 Å². The van der Waals surface area contributed by atoms with Crippen molar-refractivity contribution in [2.45, 2.75) is 13.8 Å². The molecule has 1 aromatic rings. The minimum absolute atomic E-state index is 0.332. The summed E-state index contributed by atoms with van der Waals surface area (Å²) in [4.78, 5) is 11.1. The Balaban J connectivity index is 2.94. The van der Waals surface area contributed by atoms with E-state index in [1.165, 1.54) is 0 Å². The molecule has 1 rings (SSSR count). The fourth-order valence-corrected chi connectivity index (χ4v) is 1.21. The number of ether oxygens (including phenoxy) is 2. The van der Waals surface area contributed by atoms with Crippen LogP contribution in [0, 0.1) is 18.8 Å². The molecule has 0 atom stereocenters. The summed E-state index contributed by atoms with van der Waals surface area (Å²) in [5, 5.41) is 0. The summed E-state index contributed by atoms with van der Waals surface area (Å²) in [7, 11) is 1.57. The summed E-state index contributed by atoms with van der Waals surface area (Å²) in [5.74, 6) is 5.28. The zero-order valence-corrected chi connectivity index (χ0v) is 9.66. The van der Waals surface area contributed by atoms with Gasteiger partial charge in [-0.05, 0) is 31.5 Å². The van der Waals surface area contributed by atoms with Crippen molar-refractivity contribution < 1.29 is 14.3 Å². The smallest absolute Gasteiger partial charge is 0.384 e. The maximum absolute atomic E-state index is 11.1. The molecule has 0 aliphatic carbocycles. The van der Waals surface area contributed by atoms with Crippen molar-refractivity contribution in [3.63, 3.8) is 0 Å². The van der Waals surface area contributed by atoms with Crippen LogP contribution in [0.5, 0.6) is 5.75 Å². The van der Waals surface area contributed by atoms with Gasteiger partial charge in [-0.2, -0.15) is 0 Å². The standard InChI is InChI=1S/C13H14O3/c1-4-16-13(14)8-6-11-9-10(2)5-7-12(11)15-3/h5,7,9H,4H2,1-3H3. The Morgan fingerprint density at radius 2 is 2.19 bits per heavy atom. The highest BCUT2D eigenvalue weighted by Crippen LogP contribution is 2.18. The average Bonchev–Trinajstić information content (AvgIpc) is 2.27. The van der Waals surface area contributed by atoms with Gasteiger partial charge in [0.2, 0.25) is 0 Å². The van der Waals surface area contributed by atoms with Crippen molar-refractivity contribution in [2.75, 3.05) is 13.7 Å².